The number of ketones is 1. The predicted molar refractivity (Wildman–Crippen MR) is 98.4 cm³/mol. The Balaban J connectivity index is 1.57. The number of rotatable bonds is 3. The molecule has 0 heterocycles. The molecule has 0 aromatic carbocycles. The number of carbonyl (C=O) groups is 1. The van der Waals surface area contributed by atoms with E-state index in [1.165, 1.54) is 38.5 Å². The van der Waals surface area contributed by atoms with Crippen LogP contribution in [0.4, 0.5) is 0 Å². The van der Waals surface area contributed by atoms with Gasteiger partial charge in [-0.25, -0.2) is 0 Å². The molecule has 4 heteroatoms. The largest absolute Gasteiger partial charge is 0.393 e. The fourth-order valence-corrected chi connectivity index (χ4v) is 7.99. The van der Waals surface area contributed by atoms with Gasteiger partial charge in [0.2, 0.25) is 0 Å². The van der Waals surface area contributed by atoms with Crippen LogP contribution in [0.25, 0.3) is 0 Å². The molecule has 4 fully saturated rings. The third-order valence-electron chi connectivity index (χ3n) is 9.30. The zero-order valence-corrected chi connectivity index (χ0v) is 16.0. The van der Waals surface area contributed by atoms with E-state index >= 15 is 0 Å². The second-order valence-corrected chi connectivity index (χ2v) is 10.1. The number of aliphatic hydroxyl groups is 1. The molecule has 142 valence electrons. The van der Waals surface area contributed by atoms with Crippen LogP contribution in [-0.4, -0.2) is 23.5 Å². The summed E-state index contributed by atoms with van der Waals surface area (Å²) >= 11 is 0. The number of carbonyl (C=O) groups excluding carboxylic acids is 1. The van der Waals surface area contributed by atoms with Gasteiger partial charge in [-0.2, -0.15) is 0 Å². The minimum atomic E-state index is -0.0688. The minimum Gasteiger partial charge on any atom is -0.393 e. The summed E-state index contributed by atoms with van der Waals surface area (Å²) in [6.07, 6.45) is 10.5. The quantitative estimate of drug-likeness (QED) is 0.541. The summed E-state index contributed by atoms with van der Waals surface area (Å²) < 4.78 is 0. The molecule has 25 heavy (non-hydrogen) atoms. The highest BCUT2D eigenvalue weighted by Gasteiger charge is 2.60. The normalized spacial score (nSPS) is 52.2. The van der Waals surface area contributed by atoms with E-state index in [0.717, 1.165) is 31.1 Å². The van der Waals surface area contributed by atoms with E-state index < -0.39 is 0 Å². The molecule has 0 bridgehead atoms. The Hall–Kier alpha value is -0.450. The summed E-state index contributed by atoms with van der Waals surface area (Å²) in [4.78, 5) is 12.6. The molecule has 4 aliphatic rings. The van der Waals surface area contributed by atoms with E-state index in [0.29, 0.717) is 29.6 Å². The van der Waals surface area contributed by atoms with Crippen molar-refractivity contribution in [2.45, 2.75) is 77.7 Å². The molecule has 4 rings (SSSR count). The molecule has 0 aliphatic heterocycles. The molecule has 0 spiro atoms. The number of fused-ring (bicyclic) bond motifs is 5. The standard InChI is InChI=1S/C21H36N2O2/c1-20-9-7-14(24)11-13(20)3-4-15-16-5-6-18(19(25)12-23-22)21(16,2)10-8-17(15)20/h13-18,23-24H,3-12,22H2,1-2H3/t13-,14-,15-,16-,17-,18+,20-,21-/m0/s1. The van der Waals surface area contributed by atoms with Gasteiger partial charge in [0.05, 0.1) is 12.6 Å². The number of hydrogen-bond acceptors (Lipinski definition) is 4. The van der Waals surface area contributed by atoms with Crippen molar-refractivity contribution in [2.24, 2.45) is 46.3 Å². The number of nitrogens with one attached hydrogen (secondary N) is 1. The third-order valence-corrected chi connectivity index (χ3v) is 9.30. The van der Waals surface area contributed by atoms with Crippen molar-refractivity contribution in [3.05, 3.63) is 0 Å². The minimum absolute atomic E-state index is 0.0688. The van der Waals surface area contributed by atoms with Gasteiger partial charge in [-0.1, -0.05) is 13.8 Å². The van der Waals surface area contributed by atoms with E-state index in [-0.39, 0.29) is 17.4 Å². The van der Waals surface area contributed by atoms with Crippen LogP contribution in [0.5, 0.6) is 0 Å². The molecule has 0 amide bonds. The predicted octanol–water partition coefficient (Wildman–Crippen LogP) is 3.04. The van der Waals surface area contributed by atoms with Gasteiger partial charge in [0, 0.05) is 5.92 Å². The fraction of sp³-hybridized carbons (Fsp3) is 0.952. The Morgan fingerprint density at radius 1 is 1.04 bits per heavy atom. The van der Waals surface area contributed by atoms with Gasteiger partial charge in [0.25, 0.3) is 0 Å². The van der Waals surface area contributed by atoms with Crippen molar-refractivity contribution in [3.8, 4) is 0 Å². The molecular weight excluding hydrogens is 312 g/mol. The highest BCUT2D eigenvalue weighted by Crippen LogP contribution is 2.67. The maximum Gasteiger partial charge on any atom is 0.151 e. The Kier molecular flexibility index (Phi) is 4.53. The van der Waals surface area contributed by atoms with Gasteiger partial charge in [0.1, 0.15) is 0 Å². The second kappa shape index (κ2) is 6.31. The van der Waals surface area contributed by atoms with Crippen molar-refractivity contribution in [3.63, 3.8) is 0 Å². The zero-order chi connectivity index (χ0) is 17.8. The molecule has 4 nitrogen and oxygen atoms in total. The van der Waals surface area contributed by atoms with Crippen molar-refractivity contribution in [2.75, 3.05) is 6.54 Å². The van der Waals surface area contributed by atoms with Crippen molar-refractivity contribution in [1.29, 1.82) is 0 Å². The van der Waals surface area contributed by atoms with Crippen molar-refractivity contribution < 1.29 is 9.90 Å². The Bertz CT molecular complexity index is 538. The Morgan fingerprint density at radius 3 is 2.52 bits per heavy atom. The topological polar surface area (TPSA) is 75.3 Å². The lowest BCUT2D eigenvalue weighted by atomic mass is 9.44. The third kappa shape index (κ3) is 2.62. The Labute approximate surface area is 152 Å². The van der Waals surface area contributed by atoms with Crippen LogP contribution in [0.1, 0.15) is 71.6 Å². The average molecular weight is 349 g/mol. The highest BCUT2D eigenvalue weighted by molar-refractivity contribution is 5.84. The van der Waals surface area contributed by atoms with Gasteiger partial charge < -0.3 is 5.11 Å². The summed E-state index contributed by atoms with van der Waals surface area (Å²) in [6, 6.07) is 0. The number of hydrazine groups is 1. The molecule has 4 aliphatic carbocycles. The number of hydrogen-bond donors (Lipinski definition) is 3. The molecule has 0 radical (unpaired) electrons. The van der Waals surface area contributed by atoms with Gasteiger partial charge in [0.15, 0.2) is 5.78 Å². The van der Waals surface area contributed by atoms with Gasteiger partial charge >= 0.3 is 0 Å². The van der Waals surface area contributed by atoms with Crippen LogP contribution in [-0.2, 0) is 4.79 Å². The summed E-state index contributed by atoms with van der Waals surface area (Å²) in [7, 11) is 0. The lowest BCUT2D eigenvalue weighted by Crippen LogP contribution is -2.54. The molecule has 0 aromatic rings. The van der Waals surface area contributed by atoms with Crippen molar-refractivity contribution >= 4 is 5.78 Å². The van der Waals surface area contributed by atoms with Gasteiger partial charge in [-0.05, 0) is 92.3 Å². The van der Waals surface area contributed by atoms with Crippen LogP contribution in [0, 0.1) is 40.4 Å². The Morgan fingerprint density at radius 2 is 1.76 bits per heavy atom. The van der Waals surface area contributed by atoms with Crippen LogP contribution in [0.2, 0.25) is 0 Å². The summed E-state index contributed by atoms with van der Waals surface area (Å²) in [6.45, 7) is 5.25. The first-order valence-electron chi connectivity index (χ1n) is 10.5. The molecule has 4 N–H and O–H groups in total. The maximum atomic E-state index is 12.6. The highest BCUT2D eigenvalue weighted by atomic mass is 16.3. The molecule has 8 atom stereocenters. The van der Waals surface area contributed by atoms with Gasteiger partial charge in [-0.15, -0.1) is 0 Å². The second-order valence-electron chi connectivity index (χ2n) is 10.1. The van der Waals surface area contributed by atoms with E-state index in [1.54, 1.807) is 0 Å². The number of Topliss-reactive ketones (excluding diaryl/α,β-unsaturated/α-hetero) is 1. The fourth-order valence-electron chi connectivity index (χ4n) is 7.99. The molecule has 0 unspecified atom stereocenters. The maximum absolute atomic E-state index is 12.6. The zero-order valence-electron chi connectivity index (χ0n) is 16.0. The molecule has 0 saturated heterocycles. The first-order valence-corrected chi connectivity index (χ1v) is 10.5. The smallest absolute Gasteiger partial charge is 0.151 e. The number of nitrogens with two attached hydrogens (primary N) is 1. The average Bonchev–Trinajstić information content (AvgIpc) is 2.93. The monoisotopic (exact) mass is 348 g/mol. The summed E-state index contributed by atoms with van der Waals surface area (Å²) in [5, 5.41) is 10.1. The lowest BCUT2D eigenvalue weighted by molar-refractivity contribution is -0.139. The molecule has 4 saturated carbocycles. The molecule has 0 aromatic heterocycles. The lowest BCUT2D eigenvalue weighted by Gasteiger charge is -2.60. The van der Waals surface area contributed by atoms with Crippen molar-refractivity contribution in [1.82, 2.24) is 5.43 Å². The van der Waals surface area contributed by atoms with E-state index in [4.69, 9.17) is 5.84 Å². The van der Waals surface area contributed by atoms with E-state index in [9.17, 15) is 9.90 Å². The number of aliphatic hydroxyl groups excluding tert-OH is 1. The SMILES string of the molecule is C[C@]12CC[C@H](O)C[C@@H]1CC[C@@H]1[C@@H]2CC[C@]2(C)[C@@H](C(=O)CNN)CC[C@@H]12. The molecular formula is C21H36N2O2. The first-order chi connectivity index (χ1) is 11.9. The summed E-state index contributed by atoms with van der Waals surface area (Å²) in [5.41, 5.74) is 3.20. The van der Waals surface area contributed by atoms with E-state index in [1.807, 2.05) is 0 Å². The van der Waals surface area contributed by atoms with Gasteiger partial charge in [-0.3, -0.25) is 16.1 Å². The summed E-state index contributed by atoms with van der Waals surface area (Å²) in [5.74, 6) is 8.97. The van der Waals surface area contributed by atoms with Crippen LogP contribution in [0.15, 0.2) is 0 Å². The van der Waals surface area contributed by atoms with E-state index in [2.05, 4.69) is 19.3 Å². The van der Waals surface area contributed by atoms with Crippen LogP contribution >= 0.6 is 0 Å². The van der Waals surface area contributed by atoms with Crippen LogP contribution < -0.4 is 11.3 Å². The first kappa shape index (κ1) is 17.9. The van der Waals surface area contributed by atoms with Crippen LogP contribution in [0.3, 0.4) is 0 Å².